The molecule has 1 aliphatic rings. The second-order valence-electron chi connectivity index (χ2n) is 4.94. The molecule has 1 aromatic rings. The van der Waals surface area contributed by atoms with Crippen LogP contribution < -0.4 is 10.6 Å². The van der Waals surface area contributed by atoms with Crippen LogP contribution in [0.2, 0.25) is 0 Å². The summed E-state index contributed by atoms with van der Waals surface area (Å²) in [4.78, 5) is 17.2. The molecule has 17 heavy (non-hydrogen) atoms. The zero-order chi connectivity index (χ0) is 12.5. The Morgan fingerprint density at radius 2 is 2.29 bits per heavy atom. The van der Waals surface area contributed by atoms with Crippen molar-refractivity contribution in [3.63, 3.8) is 0 Å². The van der Waals surface area contributed by atoms with Gasteiger partial charge in [0.25, 0.3) is 0 Å². The molecule has 2 N–H and O–H groups in total. The molecule has 0 aromatic carbocycles. The maximum Gasteiger partial charge on any atom is 0.413 e. The van der Waals surface area contributed by atoms with Crippen molar-refractivity contribution in [2.75, 3.05) is 11.9 Å². The van der Waals surface area contributed by atoms with E-state index in [1.54, 1.807) is 0 Å². The molecule has 2 rings (SSSR count). The lowest BCUT2D eigenvalue weighted by Crippen LogP contribution is -2.27. The van der Waals surface area contributed by atoms with Crippen molar-refractivity contribution in [3.05, 3.63) is 10.6 Å². The number of hydrogen-bond donors (Lipinski definition) is 2. The van der Waals surface area contributed by atoms with Crippen molar-refractivity contribution in [1.82, 2.24) is 10.3 Å². The van der Waals surface area contributed by atoms with Gasteiger partial charge >= 0.3 is 6.09 Å². The van der Waals surface area contributed by atoms with E-state index in [0.29, 0.717) is 5.13 Å². The molecule has 2 heterocycles. The second-order valence-corrected chi connectivity index (χ2v) is 6.03. The van der Waals surface area contributed by atoms with Crippen LogP contribution in [0.4, 0.5) is 9.93 Å². The molecule has 0 saturated heterocycles. The smallest absolute Gasteiger partial charge is 0.413 e. The van der Waals surface area contributed by atoms with Crippen molar-refractivity contribution in [2.24, 2.45) is 0 Å². The molecule has 0 radical (unpaired) electrons. The summed E-state index contributed by atoms with van der Waals surface area (Å²) in [6, 6.07) is 0. The minimum Gasteiger partial charge on any atom is -0.444 e. The predicted molar refractivity (Wildman–Crippen MR) is 67.4 cm³/mol. The van der Waals surface area contributed by atoms with Crippen molar-refractivity contribution < 1.29 is 9.53 Å². The van der Waals surface area contributed by atoms with Crippen molar-refractivity contribution in [3.8, 4) is 0 Å². The molecule has 0 fully saturated rings. The standard InChI is InChI=1S/C11H17N3O2S/c1-11(2,3)16-10(15)14-9-13-7-6-12-5-4-8(7)17-9/h12H,4-6H2,1-3H3,(H,13,14,15). The summed E-state index contributed by atoms with van der Waals surface area (Å²) in [7, 11) is 0. The highest BCUT2D eigenvalue weighted by Crippen LogP contribution is 2.25. The number of thiazole rings is 1. The molecule has 1 amide bonds. The fourth-order valence-electron chi connectivity index (χ4n) is 1.57. The van der Waals surface area contributed by atoms with Gasteiger partial charge in [-0.2, -0.15) is 0 Å². The minimum atomic E-state index is -0.484. The summed E-state index contributed by atoms with van der Waals surface area (Å²) in [6.07, 6.45) is 0.528. The van der Waals surface area contributed by atoms with Crippen molar-refractivity contribution in [2.45, 2.75) is 39.3 Å². The molecule has 0 bridgehead atoms. The maximum absolute atomic E-state index is 11.6. The molecule has 0 unspecified atom stereocenters. The second kappa shape index (κ2) is 4.62. The number of nitrogens with one attached hydrogen (secondary N) is 2. The van der Waals surface area contributed by atoms with Crippen LogP contribution in [0.15, 0.2) is 0 Å². The zero-order valence-electron chi connectivity index (χ0n) is 10.3. The Morgan fingerprint density at radius 3 is 2.94 bits per heavy atom. The van der Waals surface area contributed by atoms with Gasteiger partial charge in [-0.25, -0.2) is 9.78 Å². The molecule has 1 aromatic heterocycles. The van der Waals surface area contributed by atoms with Gasteiger partial charge in [-0.3, -0.25) is 5.32 Å². The molecule has 0 aliphatic carbocycles. The van der Waals surface area contributed by atoms with E-state index in [1.807, 2.05) is 20.8 Å². The minimum absolute atomic E-state index is 0.448. The molecule has 0 saturated carbocycles. The van der Waals surface area contributed by atoms with E-state index < -0.39 is 11.7 Å². The number of anilines is 1. The van der Waals surface area contributed by atoms with Gasteiger partial charge in [-0.15, -0.1) is 11.3 Å². The zero-order valence-corrected chi connectivity index (χ0v) is 11.1. The van der Waals surface area contributed by atoms with E-state index >= 15 is 0 Å². The fourth-order valence-corrected chi connectivity index (χ4v) is 2.53. The summed E-state index contributed by atoms with van der Waals surface area (Å²) in [5.74, 6) is 0. The molecule has 5 nitrogen and oxygen atoms in total. The Morgan fingerprint density at radius 1 is 1.53 bits per heavy atom. The molecule has 94 valence electrons. The number of hydrogen-bond acceptors (Lipinski definition) is 5. The van der Waals surface area contributed by atoms with Crippen LogP contribution in [0, 0.1) is 0 Å². The Kier molecular flexibility index (Phi) is 3.35. The Bertz CT molecular complexity index is 399. The van der Waals surface area contributed by atoms with Crippen LogP contribution in [0.1, 0.15) is 31.3 Å². The first-order valence-electron chi connectivity index (χ1n) is 5.63. The number of fused-ring (bicyclic) bond motifs is 1. The van der Waals surface area contributed by atoms with Gasteiger partial charge in [0.2, 0.25) is 0 Å². The summed E-state index contributed by atoms with van der Waals surface area (Å²) in [5.41, 5.74) is 0.551. The van der Waals surface area contributed by atoms with Crippen LogP contribution >= 0.6 is 11.3 Å². The molecule has 0 atom stereocenters. The van der Waals surface area contributed by atoms with E-state index in [1.165, 1.54) is 16.2 Å². The Hall–Kier alpha value is -1.14. The van der Waals surface area contributed by atoms with Gasteiger partial charge in [0.05, 0.1) is 5.69 Å². The first kappa shape index (κ1) is 12.3. The van der Waals surface area contributed by atoms with Crippen LogP contribution in [-0.4, -0.2) is 23.2 Å². The van der Waals surface area contributed by atoms with Crippen LogP contribution in [0.3, 0.4) is 0 Å². The average molecular weight is 255 g/mol. The van der Waals surface area contributed by atoms with Crippen LogP contribution in [0.5, 0.6) is 0 Å². The van der Waals surface area contributed by atoms with Crippen LogP contribution in [0.25, 0.3) is 0 Å². The van der Waals surface area contributed by atoms with E-state index in [0.717, 1.165) is 25.2 Å². The lowest BCUT2D eigenvalue weighted by atomic mass is 10.2. The van der Waals surface area contributed by atoms with E-state index in [2.05, 4.69) is 15.6 Å². The van der Waals surface area contributed by atoms with E-state index in [-0.39, 0.29) is 0 Å². The fraction of sp³-hybridized carbons (Fsp3) is 0.636. The van der Waals surface area contributed by atoms with Gasteiger partial charge in [0.1, 0.15) is 5.60 Å². The molecule has 0 spiro atoms. The van der Waals surface area contributed by atoms with Gasteiger partial charge < -0.3 is 10.1 Å². The highest BCUT2D eigenvalue weighted by molar-refractivity contribution is 7.15. The quantitative estimate of drug-likeness (QED) is 0.807. The molecular weight excluding hydrogens is 238 g/mol. The number of aromatic nitrogens is 1. The summed E-state index contributed by atoms with van der Waals surface area (Å²) < 4.78 is 5.17. The number of carbonyl (C=O) groups excluding carboxylic acids is 1. The van der Waals surface area contributed by atoms with Gasteiger partial charge in [0, 0.05) is 18.0 Å². The SMILES string of the molecule is CC(C)(C)OC(=O)Nc1nc2c(s1)CCNC2. The third kappa shape index (κ3) is 3.41. The number of amides is 1. The summed E-state index contributed by atoms with van der Waals surface area (Å²) >= 11 is 1.53. The topological polar surface area (TPSA) is 63.2 Å². The lowest BCUT2D eigenvalue weighted by molar-refractivity contribution is 0.0636. The van der Waals surface area contributed by atoms with Gasteiger partial charge in [0.15, 0.2) is 5.13 Å². The van der Waals surface area contributed by atoms with E-state index in [9.17, 15) is 4.79 Å². The Labute approximate surface area is 105 Å². The number of ether oxygens (including phenoxy) is 1. The summed E-state index contributed by atoms with van der Waals surface area (Å²) in [6.45, 7) is 7.26. The van der Waals surface area contributed by atoms with E-state index in [4.69, 9.17) is 4.74 Å². The monoisotopic (exact) mass is 255 g/mol. The van der Waals surface area contributed by atoms with Crippen LogP contribution in [-0.2, 0) is 17.7 Å². The Balaban J connectivity index is 1.99. The number of nitrogens with zero attached hydrogens (tertiary/aromatic N) is 1. The third-order valence-corrected chi connectivity index (χ3v) is 3.28. The summed E-state index contributed by atoms with van der Waals surface area (Å²) in [5, 5.41) is 6.54. The highest BCUT2D eigenvalue weighted by Gasteiger charge is 2.19. The molecule has 1 aliphatic heterocycles. The first-order valence-corrected chi connectivity index (χ1v) is 6.45. The third-order valence-electron chi connectivity index (χ3n) is 2.21. The highest BCUT2D eigenvalue weighted by atomic mass is 32.1. The first-order chi connectivity index (χ1) is 7.94. The predicted octanol–water partition coefficient (Wildman–Crippen LogP) is 2.14. The molecule has 6 heteroatoms. The van der Waals surface area contributed by atoms with Crippen molar-refractivity contribution in [1.29, 1.82) is 0 Å². The normalized spacial score (nSPS) is 15.2. The number of carbonyl (C=O) groups is 1. The lowest BCUT2D eigenvalue weighted by Gasteiger charge is -2.18. The average Bonchev–Trinajstić information content (AvgIpc) is 2.55. The van der Waals surface area contributed by atoms with Gasteiger partial charge in [-0.1, -0.05) is 0 Å². The molecular formula is C11H17N3O2S. The van der Waals surface area contributed by atoms with Gasteiger partial charge in [-0.05, 0) is 27.2 Å². The maximum atomic E-state index is 11.6. The largest absolute Gasteiger partial charge is 0.444 e. The van der Waals surface area contributed by atoms with Crippen molar-refractivity contribution >= 4 is 22.6 Å². The number of rotatable bonds is 1.